The van der Waals surface area contributed by atoms with E-state index in [-0.39, 0.29) is 12.5 Å². The second-order valence-corrected chi connectivity index (χ2v) is 5.39. The van der Waals surface area contributed by atoms with Crippen molar-refractivity contribution in [2.24, 2.45) is 0 Å². The molecular formula is C13H25NO3. The zero-order valence-corrected chi connectivity index (χ0v) is 11.2. The summed E-state index contributed by atoms with van der Waals surface area (Å²) in [6.07, 6.45) is 4.89. The summed E-state index contributed by atoms with van der Waals surface area (Å²) in [6, 6.07) is 0.322. The molecule has 1 fully saturated rings. The van der Waals surface area contributed by atoms with Crippen LogP contribution in [0.4, 0.5) is 0 Å². The number of aliphatic hydroxyl groups excluding tert-OH is 1. The van der Waals surface area contributed by atoms with E-state index < -0.39 is 5.60 Å². The van der Waals surface area contributed by atoms with Crippen LogP contribution in [0.25, 0.3) is 0 Å². The lowest BCUT2D eigenvalue weighted by atomic mass is 10.0. The fourth-order valence-corrected chi connectivity index (χ4v) is 2.37. The first-order valence-corrected chi connectivity index (χ1v) is 6.45. The fourth-order valence-electron chi connectivity index (χ4n) is 2.37. The molecule has 1 amide bonds. The van der Waals surface area contributed by atoms with Gasteiger partial charge in [0.1, 0.15) is 0 Å². The third-order valence-corrected chi connectivity index (χ3v) is 3.56. The molecule has 0 heterocycles. The minimum absolute atomic E-state index is 0.0374. The van der Waals surface area contributed by atoms with Gasteiger partial charge < -0.3 is 14.7 Å². The summed E-state index contributed by atoms with van der Waals surface area (Å²) in [4.78, 5) is 14.1. The van der Waals surface area contributed by atoms with E-state index in [1.165, 1.54) is 12.8 Å². The van der Waals surface area contributed by atoms with Crippen LogP contribution in [-0.4, -0.2) is 47.8 Å². The lowest BCUT2D eigenvalue weighted by Gasteiger charge is -2.32. The number of amides is 1. The Kier molecular flexibility index (Phi) is 5.40. The van der Waals surface area contributed by atoms with E-state index in [0.29, 0.717) is 19.0 Å². The molecule has 0 aliphatic heterocycles. The Labute approximate surface area is 104 Å². The minimum Gasteiger partial charge on any atom is -0.395 e. The lowest BCUT2D eigenvalue weighted by molar-refractivity contribution is -0.139. The predicted molar refractivity (Wildman–Crippen MR) is 66.8 cm³/mol. The van der Waals surface area contributed by atoms with Gasteiger partial charge in [0.05, 0.1) is 18.6 Å². The van der Waals surface area contributed by atoms with Gasteiger partial charge in [-0.25, -0.2) is 0 Å². The van der Waals surface area contributed by atoms with Crippen molar-refractivity contribution in [3.05, 3.63) is 0 Å². The van der Waals surface area contributed by atoms with Crippen molar-refractivity contribution in [2.45, 2.75) is 57.6 Å². The molecule has 1 aliphatic carbocycles. The van der Waals surface area contributed by atoms with Crippen LogP contribution >= 0.6 is 0 Å². The van der Waals surface area contributed by atoms with Gasteiger partial charge in [0.25, 0.3) is 0 Å². The molecule has 1 N–H and O–H groups in total. The summed E-state index contributed by atoms with van der Waals surface area (Å²) in [5, 5.41) is 9.08. The molecule has 0 bridgehead atoms. The molecule has 0 aromatic rings. The van der Waals surface area contributed by atoms with E-state index >= 15 is 0 Å². The third-order valence-electron chi connectivity index (χ3n) is 3.56. The highest BCUT2D eigenvalue weighted by molar-refractivity contribution is 5.77. The number of carbonyl (C=O) groups is 1. The number of carbonyl (C=O) groups excluding carboxylic acids is 1. The quantitative estimate of drug-likeness (QED) is 0.770. The van der Waals surface area contributed by atoms with Gasteiger partial charge in [-0.1, -0.05) is 12.8 Å². The van der Waals surface area contributed by atoms with Crippen LogP contribution in [0.15, 0.2) is 0 Å². The topological polar surface area (TPSA) is 49.8 Å². The molecule has 100 valence electrons. The molecule has 0 radical (unpaired) electrons. The molecule has 0 atom stereocenters. The van der Waals surface area contributed by atoms with E-state index in [1.54, 1.807) is 7.11 Å². The SMILES string of the molecule is COC(C)(C)CC(=O)N(CCO)C1CCCC1. The lowest BCUT2D eigenvalue weighted by Crippen LogP contribution is -2.43. The van der Waals surface area contributed by atoms with Crippen LogP contribution in [0.2, 0.25) is 0 Å². The molecule has 4 heteroatoms. The first-order valence-electron chi connectivity index (χ1n) is 6.45. The number of methoxy groups -OCH3 is 1. The molecule has 1 aliphatic rings. The van der Waals surface area contributed by atoms with Gasteiger partial charge in [-0.05, 0) is 26.7 Å². The van der Waals surface area contributed by atoms with E-state index in [4.69, 9.17) is 9.84 Å². The first kappa shape index (κ1) is 14.5. The average Bonchev–Trinajstić information content (AvgIpc) is 2.78. The molecule has 0 aromatic carbocycles. The molecule has 0 unspecified atom stereocenters. The van der Waals surface area contributed by atoms with Gasteiger partial charge in [-0.15, -0.1) is 0 Å². The van der Waals surface area contributed by atoms with E-state index in [0.717, 1.165) is 12.8 Å². The van der Waals surface area contributed by atoms with Crippen LogP contribution in [0, 0.1) is 0 Å². The van der Waals surface area contributed by atoms with Crippen LogP contribution in [0.5, 0.6) is 0 Å². The fraction of sp³-hybridized carbons (Fsp3) is 0.923. The van der Waals surface area contributed by atoms with Crippen molar-refractivity contribution in [1.29, 1.82) is 0 Å². The second kappa shape index (κ2) is 6.36. The number of ether oxygens (including phenoxy) is 1. The maximum absolute atomic E-state index is 12.2. The zero-order chi connectivity index (χ0) is 12.9. The standard InChI is InChI=1S/C13H25NO3/c1-13(2,17-3)10-12(16)14(8-9-15)11-6-4-5-7-11/h11,15H,4-10H2,1-3H3. The van der Waals surface area contributed by atoms with Crippen molar-refractivity contribution in [3.63, 3.8) is 0 Å². The van der Waals surface area contributed by atoms with Crippen molar-refractivity contribution in [2.75, 3.05) is 20.3 Å². The van der Waals surface area contributed by atoms with E-state index in [2.05, 4.69) is 0 Å². The Balaban J connectivity index is 2.59. The normalized spacial score (nSPS) is 17.4. The number of aliphatic hydroxyl groups is 1. The molecule has 0 spiro atoms. The van der Waals surface area contributed by atoms with Crippen molar-refractivity contribution < 1.29 is 14.6 Å². The van der Waals surface area contributed by atoms with Gasteiger partial charge in [0.2, 0.25) is 5.91 Å². The molecule has 17 heavy (non-hydrogen) atoms. The van der Waals surface area contributed by atoms with Gasteiger partial charge in [-0.2, -0.15) is 0 Å². The largest absolute Gasteiger partial charge is 0.395 e. The molecule has 1 rings (SSSR count). The zero-order valence-electron chi connectivity index (χ0n) is 11.2. The second-order valence-electron chi connectivity index (χ2n) is 5.39. The average molecular weight is 243 g/mol. The summed E-state index contributed by atoms with van der Waals surface area (Å²) in [7, 11) is 1.62. The maximum Gasteiger partial charge on any atom is 0.225 e. The highest BCUT2D eigenvalue weighted by Crippen LogP contribution is 2.25. The van der Waals surface area contributed by atoms with Crippen LogP contribution in [-0.2, 0) is 9.53 Å². The van der Waals surface area contributed by atoms with Crippen LogP contribution < -0.4 is 0 Å². The Bertz CT molecular complexity index is 247. The van der Waals surface area contributed by atoms with Crippen molar-refractivity contribution in [3.8, 4) is 0 Å². The molecule has 0 saturated heterocycles. The molecule has 4 nitrogen and oxygen atoms in total. The molecule has 1 saturated carbocycles. The highest BCUT2D eigenvalue weighted by Gasteiger charge is 2.30. The monoisotopic (exact) mass is 243 g/mol. The Hall–Kier alpha value is -0.610. The highest BCUT2D eigenvalue weighted by atomic mass is 16.5. The minimum atomic E-state index is -0.427. The summed E-state index contributed by atoms with van der Waals surface area (Å²) in [5.41, 5.74) is -0.427. The summed E-state index contributed by atoms with van der Waals surface area (Å²) >= 11 is 0. The number of nitrogens with zero attached hydrogens (tertiary/aromatic N) is 1. The van der Waals surface area contributed by atoms with Crippen LogP contribution in [0.3, 0.4) is 0 Å². The van der Waals surface area contributed by atoms with Gasteiger partial charge in [-0.3, -0.25) is 4.79 Å². The number of rotatable bonds is 6. The van der Waals surface area contributed by atoms with Crippen LogP contribution in [0.1, 0.15) is 46.0 Å². The molecule has 0 aromatic heterocycles. The van der Waals surface area contributed by atoms with Gasteiger partial charge in [0.15, 0.2) is 0 Å². The van der Waals surface area contributed by atoms with Crippen molar-refractivity contribution in [1.82, 2.24) is 4.90 Å². The Morgan fingerprint density at radius 3 is 2.47 bits per heavy atom. The van der Waals surface area contributed by atoms with E-state index in [1.807, 2.05) is 18.7 Å². The Morgan fingerprint density at radius 2 is 2.00 bits per heavy atom. The van der Waals surface area contributed by atoms with Gasteiger partial charge in [0, 0.05) is 19.7 Å². The Morgan fingerprint density at radius 1 is 1.41 bits per heavy atom. The van der Waals surface area contributed by atoms with E-state index in [9.17, 15) is 4.79 Å². The first-order chi connectivity index (χ1) is 8.00. The van der Waals surface area contributed by atoms with Gasteiger partial charge >= 0.3 is 0 Å². The third kappa shape index (κ3) is 4.28. The summed E-state index contributed by atoms with van der Waals surface area (Å²) in [6.45, 7) is 4.31. The smallest absolute Gasteiger partial charge is 0.225 e. The van der Waals surface area contributed by atoms with Crippen molar-refractivity contribution >= 4 is 5.91 Å². The predicted octanol–water partition coefficient (Wildman–Crippen LogP) is 1.56. The summed E-state index contributed by atoms with van der Waals surface area (Å²) < 4.78 is 5.29. The molecular weight excluding hydrogens is 218 g/mol. The number of hydrogen-bond acceptors (Lipinski definition) is 3. The summed E-state index contributed by atoms with van der Waals surface area (Å²) in [5.74, 6) is 0.0952. The maximum atomic E-state index is 12.2. The number of hydrogen-bond donors (Lipinski definition) is 1.